The summed E-state index contributed by atoms with van der Waals surface area (Å²) < 4.78 is 7.89. The van der Waals surface area contributed by atoms with Crippen LogP contribution < -0.4 is 0 Å². The third-order valence-corrected chi connectivity index (χ3v) is 3.22. The van der Waals surface area contributed by atoms with Gasteiger partial charge in [0.2, 0.25) is 0 Å². The van der Waals surface area contributed by atoms with Crippen LogP contribution in [0, 0.1) is 6.92 Å². The molecular weight excluding hydrogens is 200 g/mol. The molecule has 0 saturated carbocycles. The molecule has 0 amide bonds. The third-order valence-electron chi connectivity index (χ3n) is 3.22. The Morgan fingerprint density at radius 3 is 3.06 bits per heavy atom. The van der Waals surface area contributed by atoms with Crippen molar-refractivity contribution in [2.75, 3.05) is 6.61 Å². The largest absolute Gasteiger partial charge is 0.372 e. The minimum atomic E-state index is 0.202. The average molecular weight is 216 g/mol. The summed E-state index contributed by atoms with van der Waals surface area (Å²) in [6.07, 6.45) is 5.84. The normalized spacial score (nSPS) is 21.4. The summed E-state index contributed by atoms with van der Waals surface area (Å²) >= 11 is 0. The Labute approximate surface area is 95.1 Å². The van der Waals surface area contributed by atoms with Gasteiger partial charge in [0, 0.05) is 18.5 Å². The highest BCUT2D eigenvalue weighted by Crippen LogP contribution is 2.27. The van der Waals surface area contributed by atoms with Crippen LogP contribution in [0.5, 0.6) is 0 Å². The fraction of sp³-hybridized carbons (Fsp3) is 0.462. The average Bonchev–Trinajstić information content (AvgIpc) is 2.76. The van der Waals surface area contributed by atoms with Crippen LogP contribution in [0.2, 0.25) is 0 Å². The minimum absolute atomic E-state index is 0.202. The number of fused-ring (bicyclic) bond motifs is 1. The summed E-state index contributed by atoms with van der Waals surface area (Å²) in [5, 5.41) is 0. The zero-order chi connectivity index (χ0) is 11.0. The van der Waals surface area contributed by atoms with Crippen LogP contribution in [0.3, 0.4) is 0 Å². The number of ether oxygens (including phenoxy) is 1. The Kier molecular flexibility index (Phi) is 2.40. The minimum Gasteiger partial charge on any atom is -0.372 e. The van der Waals surface area contributed by atoms with Crippen molar-refractivity contribution in [1.29, 1.82) is 0 Å². The van der Waals surface area contributed by atoms with Gasteiger partial charge in [0.05, 0.1) is 5.69 Å². The first kappa shape index (κ1) is 9.85. The lowest BCUT2D eigenvalue weighted by molar-refractivity contribution is 0.0126. The maximum atomic E-state index is 5.76. The second-order valence-corrected chi connectivity index (χ2v) is 4.42. The highest BCUT2D eigenvalue weighted by molar-refractivity contribution is 5.42. The van der Waals surface area contributed by atoms with E-state index >= 15 is 0 Å². The van der Waals surface area contributed by atoms with E-state index in [1.807, 2.05) is 12.1 Å². The quantitative estimate of drug-likeness (QED) is 0.732. The van der Waals surface area contributed by atoms with E-state index < -0.39 is 0 Å². The van der Waals surface area contributed by atoms with Crippen LogP contribution in [0.15, 0.2) is 24.4 Å². The topological polar surface area (TPSA) is 26.5 Å². The zero-order valence-corrected chi connectivity index (χ0v) is 9.52. The number of aromatic nitrogens is 2. The number of hydrogen-bond acceptors (Lipinski definition) is 2. The Morgan fingerprint density at radius 2 is 2.31 bits per heavy atom. The van der Waals surface area contributed by atoms with Gasteiger partial charge in [0.15, 0.2) is 0 Å². The van der Waals surface area contributed by atoms with Crippen LogP contribution in [0.25, 0.3) is 5.65 Å². The Bertz CT molecular complexity index is 498. The van der Waals surface area contributed by atoms with Crippen molar-refractivity contribution < 1.29 is 4.74 Å². The van der Waals surface area contributed by atoms with Crippen LogP contribution in [-0.4, -0.2) is 16.0 Å². The molecule has 84 valence electrons. The Balaban J connectivity index is 2.01. The van der Waals surface area contributed by atoms with Crippen molar-refractivity contribution in [1.82, 2.24) is 9.38 Å². The summed E-state index contributed by atoms with van der Waals surface area (Å²) in [6, 6.07) is 6.18. The van der Waals surface area contributed by atoms with E-state index in [0.717, 1.165) is 24.4 Å². The highest BCUT2D eigenvalue weighted by Gasteiger charge is 2.18. The van der Waals surface area contributed by atoms with Crippen molar-refractivity contribution in [3.05, 3.63) is 35.8 Å². The van der Waals surface area contributed by atoms with Gasteiger partial charge in [-0.05, 0) is 38.3 Å². The van der Waals surface area contributed by atoms with E-state index in [1.165, 1.54) is 18.5 Å². The first-order valence-corrected chi connectivity index (χ1v) is 5.91. The fourth-order valence-corrected chi connectivity index (χ4v) is 2.30. The number of hydrogen-bond donors (Lipinski definition) is 0. The molecule has 3 nitrogen and oxygen atoms in total. The Morgan fingerprint density at radius 1 is 1.38 bits per heavy atom. The van der Waals surface area contributed by atoms with E-state index in [4.69, 9.17) is 4.74 Å². The Hall–Kier alpha value is -1.35. The lowest BCUT2D eigenvalue weighted by Crippen LogP contribution is -2.11. The molecule has 1 saturated heterocycles. The lowest BCUT2D eigenvalue weighted by Gasteiger charge is -2.20. The van der Waals surface area contributed by atoms with Gasteiger partial charge in [-0.3, -0.25) is 0 Å². The molecule has 1 atom stereocenters. The van der Waals surface area contributed by atoms with Gasteiger partial charge in [0.25, 0.3) is 0 Å². The van der Waals surface area contributed by atoms with E-state index in [1.54, 1.807) is 0 Å². The van der Waals surface area contributed by atoms with Crippen LogP contribution >= 0.6 is 0 Å². The molecule has 0 aliphatic carbocycles. The van der Waals surface area contributed by atoms with Crippen LogP contribution in [-0.2, 0) is 4.74 Å². The molecule has 1 aliphatic rings. The van der Waals surface area contributed by atoms with Crippen molar-refractivity contribution in [2.45, 2.75) is 32.3 Å². The molecule has 16 heavy (non-hydrogen) atoms. The van der Waals surface area contributed by atoms with Gasteiger partial charge in [-0.1, -0.05) is 6.07 Å². The monoisotopic (exact) mass is 216 g/mol. The van der Waals surface area contributed by atoms with Gasteiger partial charge < -0.3 is 9.14 Å². The summed E-state index contributed by atoms with van der Waals surface area (Å²) in [7, 11) is 0. The molecule has 3 heterocycles. The first-order valence-electron chi connectivity index (χ1n) is 5.91. The van der Waals surface area contributed by atoms with Gasteiger partial charge in [-0.2, -0.15) is 0 Å². The van der Waals surface area contributed by atoms with Crippen molar-refractivity contribution in [3.8, 4) is 0 Å². The molecule has 3 rings (SSSR count). The zero-order valence-electron chi connectivity index (χ0n) is 9.52. The van der Waals surface area contributed by atoms with Crippen LogP contribution in [0.4, 0.5) is 0 Å². The highest BCUT2D eigenvalue weighted by atomic mass is 16.5. The maximum absolute atomic E-state index is 5.76. The molecule has 0 bridgehead atoms. The third kappa shape index (κ3) is 1.61. The number of imidazole rings is 1. The molecule has 0 spiro atoms. The smallest absolute Gasteiger partial charge is 0.137 e. The molecule has 0 radical (unpaired) electrons. The van der Waals surface area contributed by atoms with Crippen molar-refractivity contribution in [2.24, 2.45) is 0 Å². The molecule has 2 aromatic heterocycles. The molecule has 2 aromatic rings. The summed E-state index contributed by atoms with van der Waals surface area (Å²) in [5.41, 5.74) is 3.31. The first-order chi connectivity index (χ1) is 7.84. The second-order valence-electron chi connectivity index (χ2n) is 4.42. The number of aryl methyl sites for hydroxylation is 1. The molecule has 1 fully saturated rings. The van der Waals surface area contributed by atoms with E-state index in [9.17, 15) is 0 Å². The molecule has 0 aromatic carbocycles. The number of rotatable bonds is 1. The summed E-state index contributed by atoms with van der Waals surface area (Å²) in [4.78, 5) is 4.64. The van der Waals surface area contributed by atoms with E-state index in [0.29, 0.717) is 0 Å². The maximum Gasteiger partial charge on any atom is 0.137 e. The fourth-order valence-electron chi connectivity index (χ4n) is 2.30. The van der Waals surface area contributed by atoms with Crippen molar-refractivity contribution in [3.63, 3.8) is 0 Å². The van der Waals surface area contributed by atoms with Gasteiger partial charge in [-0.15, -0.1) is 0 Å². The number of pyridine rings is 1. The van der Waals surface area contributed by atoms with Gasteiger partial charge in [0.1, 0.15) is 11.8 Å². The predicted molar refractivity (Wildman–Crippen MR) is 62.5 cm³/mol. The molecule has 1 unspecified atom stereocenters. The molecule has 0 N–H and O–H groups in total. The van der Waals surface area contributed by atoms with Gasteiger partial charge >= 0.3 is 0 Å². The number of nitrogens with zero attached hydrogens (tertiary/aromatic N) is 2. The summed E-state index contributed by atoms with van der Waals surface area (Å²) in [6.45, 7) is 2.97. The molecule has 1 aliphatic heterocycles. The van der Waals surface area contributed by atoms with Crippen LogP contribution in [0.1, 0.15) is 36.8 Å². The second kappa shape index (κ2) is 3.91. The standard InChI is InChI=1S/C13H16N2O/c1-10-5-4-7-13-14-11(9-15(10)13)12-6-2-3-8-16-12/h4-5,7,9,12H,2-3,6,8H2,1H3. The van der Waals surface area contributed by atoms with Gasteiger partial charge in [-0.25, -0.2) is 4.98 Å². The van der Waals surface area contributed by atoms with Crippen molar-refractivity contribution >= 4 is 5.65 Å². The lowest BCUT2D eigenvalue weighted by atomic mass is 10.1. The van der Waals surface area contributed by atoms with E-state index in [2.05, 4.69) is 28.6 Å². The molecular formula is C13H16N2O. The predicted octanol–water partition coefficient (Wildman–Crippen LogP) is 2.88. The molecule has 3 heteroatoms. The summed E-state index contributed by atoms with van der Waals surface area (Å²) in [5.74, 6) is 0. The SMILES string of the molecule is Cc1cccc2nc(C3CCCCO3)cn12. The van der Waals surface area contributed by atoms with E-state index in [-0.39, 0.29) is 6.10 Å².